The molecule has 2 rings (SSSR count). The molecule has 1 atom stereocenters. The van der Waals surface area contributed by atoms with Crippen molar-refractivity contribution in [3.8, 4) is 0 Å². The lowest BCUT2D eigenvalue weighted by Crippen LogP contribution is -2.45. The molecule has 1 aliphatic rings. The second-order valence-electron chi connectivity index (χ2n) is 4.71. The Kier molecular flexibility index (Phi) is 4.74. The molecule has 1 saturated heterocycles. The summed E-state index contributed by atoms with van der Waals surface area (Å²) in [6.45, 7) is 2.55. The van der Waals surface area contributed by atoms with Crippen LogP contribution in [-0.4, -0.2) is 52.9 Å². The van der Waals surface area contributed by atoms with Crippen molar-refractivity contribution in [2.75, 3.05) is 32.5 Å². The third kappa shape index (κ3) is 4.03. The number of hydrogen-bond acceptors (Lipinski definition) is 5. The standard InChI is InChI=1S/C13H18N2O4S/c1-20(17,18)12-4-2-3-10(7-12)13(16)15-9-11-8-14-5-6-19-11/h2-4,7,11,14H,5-6,8-9H2,1H3,(H,15,16). The summed E-state index contributed by atoms with van der Waals surface area (Å²) in [6.07, 6.45) is 1.07. The van der Waals surface area contributed by atoms with Crippen molar-refractivity contribution in [1.29, 1.82) is 0 Å². The van der Waals surface area contributed by atoms with Crippen LogP contribution in [0.1, 0.15) is 10.4 Å². The van der Waals surface area contributed by atoms with Gasteiger partial charge in [-0.25, -0.2) is 8.42 Å². The van der Waals surface area contributed by atoms with Crippen molar-refractivity contribution in [2.45, 2.75) is 11.0 Å². The van der Waals surface area contributed by atoms with Crippen molar-refractivity contribution in [2.24, 2.45) is 0 Å². The predicted octanol–water partition coefficient (Wildman–Crippen LogP) is -0.192. The summed E-state index contributed by atoms with van der Waals surface area (Å²) in [5.41, 5.74) is 0.330. The van der Waals surface area contributed by atoms with Crippen LogP contribution in [0.15, 0.2) is 29.2 Å². The minimum atomic E-state index is -3.31. The van der Waals surface area contributed by atoms with Crippen molar-refractivity contribution in [3.63, 3.8) is 0 Å². The Morgan fingerprint density at radius 3 is 2.95 bits per heavy atom. The molecule has 110 valence electrons. The number of morpholine rings is 1. The van der Waals surface area contributed by atoms with Crippen LogP contribution in [0, 0.1) is 0 Å². The van der Waals surface area contributed by atoms with Crippen molar-refractivity contribution < 1.29 is 17.9 Å². The molecule has 0 radical (unpaired) electrons. The highest BCUT2D eigenvalue weighted by Crippen LogP contribution is 2.11. The zero-order valence-corrected chi connectivity index (χ0v) is 12.1. The second kappa shape index (κ2) is 6.34. The zero-order valence-electron chi connectivity index (χ0n) is 11.3. The van der Waals surface area contributed by atoms with Gasteiger partial charge < -0.3 is 15.4 Å². The van der Waals surface area contributed by atoms with Gasteiger partial charge in [-0.3, -0.25) is 4.79 Å². The summed E-state index contributed by atoms with van der Waals surface area (Å²) in [5.74, 6) is -0.301. The number of amides is 1. The van der Waals surface area contributed by atoms with E-state index in [4.69, 9.17) is 4.74 Å². The number of hydrogen-bond donors (Lipinski definition) is 2. The molecule has 6 nitrogen and oxygen atoms in total. The lowest BCUT2D eigenvalue weighted by Gasteiger charge is -2.23. The maximum atomic E-state index is 12.0. The molecule has 1 heterocycles. The largest absolute Gasteiger partial charge is 0.374 e. The average molecular weight is 298 g/mol. The minimum Gasteiger partial charge on any atom is -0.374 e. The Hall–Kier alpha value is -1.44. The Labute approximate surface area is 118 Å². The van der Waals surface area contributed by atoms with Crippen LogP contribution < -0.4 is 10.6 Å². The van der Waals surface area contributed by atoms with Gasteiger partial charge in [-0.15, -0.1) is 0 Å². The maximum Gasteiger partial charge on any atom is 0.251 e. The van der Waals surface area contributed by atoms with E-state index >= 15 is 0 Å². The summed E-state index contributed by atoms with van der Waals surface area (Å²) in [6, 6.07) is 6.00. The Bertz CT molecular complexity index is 580. The predicted molar refractivity (Wildman–Crippen MR) is 74.5 cm³/mol. The van der Waals surface area contributed by atoms with Crippen molar-refractivity contribution in [1.82, 2.24) is 10.6 Å². The Morgan fingerprint density at radius 2 is 2.30 bits per heavy atom. The van der Waals surface area contributed by atoms with Crippen molar-refractivity contribution >= 4 is 15.7 Å². The van der Waals surface area contributed by atoms with E-state index in [1.165, 1.54) is 12.1 Å². The molecule has 0 aliphatic carbocycles. The van der Waals surface area contributed by atoms with E-state index in [1.807, 2.05) is 0 Å². The Morgan fingerprint density at radius 1 is 1.50 bits per heavy atom. The number of ether oxygens (including phenoxy) is 1. The topological polar surface area (TPSA) is 84.5 Å². The van der Waals surface area contributed by atoms with Gasteiger partial charge in [-0.1, -0.05) is 6.07 Å². The number of carbonyl (C=O) groups excluding carboxylic acids is 1. The molecule has 0 spiro atoms. The molecule has 1 unspecified atom stereocenters. The third-order valence-electron chi connectivity index (χ3n) is 3.02. The number of benzene rings is 1. The second-order valence-corrected chi connectivity index (χ2v) is 6.72. The molecule has 0 saturated carbocycles. The van der Waals surface area contributed by atoms with Crippen LogP contribution in [0.5, 0.6) is 0 Å². The highest BCUT2D eigenvalue weighted by molar-refractivity contribution is 7.90. The first kappa shape index (κ1) is 15.0. The van der Waals surface area contributed by atoms with Crippen LogP contribution in [0.4, 0.5) is 0 Å². The minimum absolute atomic E-state index is 0.0502. The molecular weight excluding hydrogens is 280 g/mol. The van der Waals surface area contributed by atoms with E-state index in [2.05, 4.69) is 10.6 Å². The number of nitrogens with one attached hydrogen (secondary N) is 2. The molecular formula is C13H18N2O4S. The molecule has 2 N–H and O–H groups in total. The van der Waals surface area contributed by atoms with Gasteiger partial charge in [0.25, 0.3) is 5.91 Å². The fourth-order valence-electron chi connectivity index (χ4n) is 1.93. The van der Waals surface area contributed by atoms with Crippen LogP contribution in [0.25, 0.3) is 0 Å². The van der Waals surface area contributed by atoms with Gasteiger partial charge in [-0.2, -0.15) is 0 Å². The van der Waals surface area contributed by atoms with E-state index in [-0.39, 0.29) is 16.9 Å². The molecule has 1 aromatic rings. The summed E-state index contributed by atoms with van der Waals surface area (Å²) >= 11 is 0. The number of sulfone groups is 1. The number of rotatable bonds is 4. The van der Waals surface area contributed by atoms with E-state index in [1.54, 1.807) is 12.1 Å². The monoisotopic (exact) mass is 298 g/mol. The molecule has 1 fully saturated rings. The zero-order chi connectivity index (χ0) is 14.6. The highest BCUT2D eigenvalue weighted by Gasteiger charge is 2.16. The van der Waals surface area contributed by atoms with Crippen molar-refractivity contribution in [3.05, 3.63) is 29.8 Å². The average Bonchev–Trinajstić information content (AvgIpc) is 2.45. The van der Waals surface area contributed by atoms with Crippen LogP contribution in [0.2, 0.25) is 0 Å². The molecule has 7 heteroatoms. The smallest absolute Gasteiger partial charge is 0.251 e. The molecule has 1 amide bonds. The van der Waals surface area contributed by atoms with E-state index < -0.39 is 9.84 Å². The molecule has 0 bridgehead atoms. The first-order chi connectivity index (χ1) is 9.47. The third-order valence-corrected chi connectivity index (χ3v) is 4.13. The van der Waals surface area contributed by atoms with E-state index in [0.29, 0.717) is 25.3 Å². The molecule has 0 aromatic heterocycles. The summed E-state index contributed by atoms with van der Waals surface area (Å²) in [7, 11) is -3.31. The van der Waals surface area contributed by atoms with Gasteiger partial charge in [-0.05, 0) is 18.2 Å². The van der Waals surface area contributed by atoms with Crippen LogP contribution >= 0.6 is 0 Å². The van der Waals surface area contributed by atoms with E-state index in [9.17, 15) is 13.2 Å². The number of carbonyl (C=O) groups is 1. The lowest BCUT2D eigenvalue weighted by atomic mass is 10.2. The fraction of sp³-hybridized carbons (Fsp3) is 0.462. The van der Waals surface area contributed by atoms with Crippen LogP contribution in [-0.2, 0) is 14.6 Å². The van der Waals surface area contributed by atoms with E-state index in [0.717, 1.165) is 12.8 Å². The van der Waals surface area contributed by atoms with Gasteiger partial charge in [0.05, 0.1) is 17.6 Å². The first-order valence-corrected chi connectivity index (χ1v) is 8.26. The quantitative estimate of drug-likeness (QED) is 0.805. The normalized spacial score (nSPS) is 19.6. The SMILES string of the molecule is CS(=O)(=O)c1cccc(C(=O)NCC2CNCCO2)c1. The fourth-order valence-corrected chi connectivity index (χ4v) is 2.59. The van der Waals surface area contributed by atoms with Crippen LogP contribution in [0.3, 0.4) is 0 Å². The molecule has 1 aliphatic heterocycles. The first-order valence-electron chi connectivity index (χ1n) is 6.37. The van der Waals surface area contributed by atoms with Gasteiger partial charge in [0, 0.05) is 31.5 Å². The van der Waals surface area contributed by atoms with Gasteiger partial charge in [0.1, 0.15) is 0 Å². The molecule has 20 heavy (non-hydrogen) atoms. The summed E-state index contributed by atoms with van der Waals surface area (Å²) in [4.78, 5) is 12.1. The Balaban J connectivity index is 1.98. The lowest BCUT2D eigenvalue weighted by molar-refractivity contribution is 0.0287. The van der Waals surface area contributed by atoms with Gasteiger partial charge in [0.15, 0.2) is 9.84 Å². The van der Waals surface area contributed by atoms with Gasteiger partial charge in [0.2, 0.25) is 0 Å². The molecule has 1 aromatic carbocycles. The summed E-state index contributed by atoms with van der Waals surface area (Å²) in [5, 5.41) is 5.92. The van der Waals surface area contributed by atoms with Gasteiger partial charge >= 0.3 is 0 Å². The summed E-state index contributed by atoms with van der Waals surface area (Å²) < 4.78 is 28.4. The maximum absolute atomic E-state index is 12.0. The highest BCUT2D eigenvalue weighted by atomic mass is 32.2.